The third-order valence-corrected chi connectivity index (χ3v) is 3.61. The summed E-state index contributed by atoms with van der Waals surface area (Å²) in [6.45, 7) is 7.72. The Hall–Kier alpha value is -1.08. The Morgan fingerprint density at radius 2 is 1.94 bits per heavy atom. The number of hydrazine groups is 1. The second kappa shape index (κ2) is 5.71. The molecule has 1 unspecified atom stereocenters. The normalized spacial score (nSPS) is 19.7. The van der Waals surface area contributed by atoms with Crippen LogP contribution in [0.3, 0.4) is 0 Å². The SMILES string of the molecule is CC(C)(C(NN)c1cncnc1)N1CCOCC1. The minimum absolute atomic E-state index is 0.0169. The van der Waals surface area contributed by atoms with E-state index >= 15 is 0 Å². The Morgan fingerprint density at radius 1 is 1.33 bits per heavy atom. The summed E-state index contributed by atoms with van der Waals surface area (Å²) in [5.74, 6) is 5.73. The molecule has 100 valence electrons. The molecular weight excluding hydrogens is 230 g/mol. The lowest BCUT2D eigenvalue weighted by Crippen LogP contribution is -2.57. The van der Waals surface area contributed by atoms with Crippen molar-refractivity contribution >= 4 is 0 Å². The van der Waals surface area contributed by atoms with Crippen LogP contribution < -0.4 is 11.3 Å². The summed E-state index contributed by atoms with van der Waals surface area (Å²) in [6, 6.07) is -0.0169. The van der Waals surface area contributed by atoms with Crippen LogP contribution >= 0.6 is 0 Å². The number of hydrogen-bond donors (Lipinski definition) is 2. The second-order valence-electron chi connectivity index (χ2n) is 5.02. The molecule has 0 radical (unpaired) electrons. The maximum Gasteiger partial charge on any atom is 0.115 e. The number of morpholine rings is 1. The summed E-state index contributed by atoms with van der Waals surface area (Å²) in [4.78, 5) is 10.5. The van der Waals surface area contributed by atoms with E-state index in [4.69, 9.17) is 10.6 Å². The van der Waals surface area contributed by atoms with E-state index in [-0.39, 0.29) is 11.6 Å². The Bertz CT molecular complexity index is 364. The monoisotopic (exact) mass is 251 g/mol. The fourth-order valence-corrected chi connectivity index (χ4v) is 2.49. The second-order valence-corrected chi connectivity index (χ2v) is 5.02. The summed E-state index contributed by atoms with van der Waals surface area (Å²) in [5, 5.41) is 0. The van der Waals surface area contributed by atoms with E-state index in [9.17, 15) is 0 Å². The van der Waals surface area contributed by atoms with Crippen molar-refractivity contribution in [2.45, 2.75) is 25.4 Å². The Morgan fingerprint density at radius 3 is 2.50 bits per heavy atom. The number of aromatic nitrogens is 2. The number of nitrogens with one attached hydrogen (secondary N) is 1. The molecular formula is C12H21N5O. The summed E-state index contributed by atoms with van der Waals surface area (Å²) in [5.41, 5.74) is 3.77. The zero-order chi connectivity index (χ0) is 13.0. The fraction of sp³-hybridized carbons (Fsp3) is 0.667. The molecule has 0 aromatic carbocycles. The van der Waals surface area contributed by atoms with Crippen molar-refractivity contribution in [2.75, 3.05) is 26.3 Å². The van der Waals surface area contributed by atoms with E-state index in [1.807, 2.05) is 0 Å². The van der Waals surface area contributed by atoms with E-state index in [0.717, 1.165) is 31.9 Å². The first-order valence-electron chi connectivity index (χ1n) is 6.20. The number of rotatable bonds is 4. The largest absolute Gasteiger partial charge is 0.379 e. The lowest BCUT2D eigenvalue weighted by Gasteiger charge is -2.45. The first-order valence-corrected chi connectivity index (χ1v) is 6.20. The van der Waals surface area contributed by atoms with Crippen LogP contribution in [0.1, 0.15) is 25.5 Å². The molecule has 1 fully saturated rings. The molecule has 6 heteroatoms. The highest BCUT2D eigenvalue weighted by molar-refractivity contribution is 5.15. The molecule has 1 atom stereocenters. The number of ether oxygens (including phenoxy) is 1. The van der Waals surface area contributed by atoms with Crippen molar-refractivity contribution in [1.29, 1.82) is 0 Å². The van der Waals surface area contributed by atoms with E-state index < -0.39 is 0 Å². The Kier molecular flexibility index (Phi) is 4.23. The smallest absolute Gasteiger partial charge is 0.115 e. The zero-order valence-electron chi connectivity index (χ0n) is 11.0. The molecule has 0 aliphatic carbocycles. The van der Waals surface area contributed by atoms with E-state index in [1.54, 1.807) is 12.4 Å². The Labute approximate surface area is 108 Å². The fourth-order valence-electron chi connectivity index (χ4n) is 2.49. The summed E-state index contributed by atoms with van der Waals surface area (Å²) < 4.78 is 5.40. The molecule has 0 spiro atoms. The molecule has 1 aliphatic heterocycles. The van der Waals surface area contributed by atoms with Gasteiger partial charge in [0.15, 0.2) is 0 Å². The van der Waals surface area contributed by atoms with Crippen LogP contribution in [0.5, 0.6) is 0 Å². The molecule has 1 saturated heterocycles. The summed E-state index contributed by atoms with van der Waals surface area (Å²) in [7, 11) is 0. The first-order chi connectivity index (χ1) is 8.66. The highest BCUT2D eigenvalue weighted by Gasteiger charge is 2.36. The highest BCUT2D eigenvalue weighted by Crippen LogP contribution is 2.30. The van der Waals surface area contributed by atoms with Gasteiger partial charge < -0.3 is 4.74 Å². The average molecular weight is 251 g/mol. The quantitative estimate of drug-likeness (QED) is 0.583. The van der Waals surface area contributed by atoms with E-state index in [1.165, 1.54) is 6.33 Å². The van der Waals surface area contributed by atoms with Crippen molar-refractivity contribution in [3.05, 3.63) is 24.3 Å². The lowest BCUT2D eigenvalue weighted by atomic mass is 9.88. The van der Waals surface area contributed by atoms with Gasteiger partial charge in [0, 0.05) is 36.6 Å². The molecule has 1 aromatic rings. The third-order valence-electron chi connectivity index (χ3n) is 3.61. The summed E-state index contributed by atoms with van der Waals surface area (Å²) in [6.07, 6.45) is 5.14. The number of nitrogens with two attached hydrogens (primary N) is 1. The van der Waals surface area contributed by atoms with Gasteiger partial charge in [-0.1, -0.05) is 0 Å². The molecule has 2 rings (SSSR count). The van der Waals surface area contributed by atoms with Crippen molar-refractivity contribution in [3.63, 3.8) is 0 Å². The molecule has 0 amide bonds. The predicted octanol–water partition coefficient (Wildman–Crippen LogP) is 0.0918. The van der Waals surface area contributed by atoms with Gasteiger partial charge in [0.1, 0.15) is 6.33 Å². The topological polar surface area (TPSA) is 76.3 Å². The minimum Gasteiger partial charge on any atom is -0.379 e. The standard InChI is InChI=1S/C12H21N5O/c1-12(2,17-3-5-18-6-4-17)11(16-13)10-7-14-9-15-8-10/h7-9,11,16H,3-6,13H2,1-2H3. The molecule has 18 heavy (non-hydrogen) atoms. The third kappa shape index (κ3) is 2.67. The predicted molar refractivity (Wildman–Crippen MR) is 68.6 cm³/mol. The van der Waals surface area contributed by atoms with Crippen LogP contribution in [0.15, 0.2) is 18.7 Å². The van der Waals surface area contributed by atoms with Crippen LogP contribution in [0.2, 0.25) is 0 Å². The van der Waals surface area contributed by atoms with Crippen LogP contribution in [0.25, 0.3) is 0 Å². The Balaban J connectivity index is 2.19. The molecule has 2 heterocycles. The van der Waals surface area contributed by atoms with Gasteiger partial charge in [-0.3, -0.25) is 16.2 Å². The minimum atomic E-state index is -0.122. The molecule has 6 nitrogen and oxygen atoms in total. The van der Waals surface area contributed by atoms with Crippen molar-refractivity contribution in [2.24, 2.45) is 5.84 Å². The van der Waals surface area contributed by atoms with Gasteiger partial charge in [0.25, 0.3) is 0 Å². The molecule has 0 saturated carbocycles. The average Bonchev–Trinajstić information content (AvgIpc) is 2.41. The number of hydrogen-bond acceptors (Lipinski definition) is 6. The van der Waals surface area contributed by atoms with Crippen LogP contribution in [-0.4, -0.2) is 46.7 Å². The van der Waals surface area contributed by atoms with Gasteiger partial charge >= 0.3 is 0 Å². The molecule has 1 aromatic heterocycles. The summed E-state index contributed by atoms with van der Waals surface area (Å²) >= 11 is 0. The zero-order valence-corrected chi connectivity index (χ0v) is 11.0. The van der Waals surface area contributed by atoms with E-state index in [0.29, 0.717) is 0 Å². The number of nitrogens with zero attached hydrogens (tertiary/aromatic N) is 3. The van der Waals surface area contributed by atoms with Gasteiger partial charge in [-0.15, -0.1) is 0 Å². The van der Waals surface area contributed by atoms with Gasteiger partial charge in [-0.25, -0.2) is 9.97 Å². The lowest BCUT2D eigenvalue weighted by molar-refractivity contribution is -0.0239. The van der Waals surface area contributed by atoms with Crippen LogP contribution in [-0.2, 0) is 4.74 Å². The van der Waals surface area contributed by atoms with Crippen molar-refractivity contribution in [3.8, 4) is 0 Å². The van der Waals surface area contributed by atoms with Crippen molar-refractivity contribution in [1.82, 2.24) is 20.3 Å². The van der Waals surface area contributed by atoms with Crippen LogP contribution in [0, 0.1) is 0 Å². The highest BCUT2D eigenvalue weighted by atomic mass is 16.5. The van der Waals surface area contributed by atoms with Crippen LogP contribution in [0.4, 0.5) is 0 Å². The molecule has 3 N–H and O–H groups in total. The van der Waals surface area contributed by atoms with E-state index in [2.05, 4.69) is 34.1 Å². The maximum atomic E-state index is 5.73. The van der Waals surface area contributed by atoms with Gasteiger partial charge in [-0.05, 0) is 13.8 Å². The van der Waals surface area contributed by atoms with Gasteiger partial charge in [0.2, 0.25) is 0 Å². The van der Waals surface area contributed by atoms with Crippen molar-refractivity contribution < 1.29 is 4.74 Å². The molecule has 1 aliphatic rings. The van der Waals surface area contributed by atoms with Gasteiger partial charge in [-0.2, -0.15) is 0 Å². The molecule has 0 bridgehead atoms. The first kappa shape index (κ1) is 13.4. The maximum absolute atomic E-state index is 5.73. The van der Waals surface area contributed by atoms with Gasteiger partial charge in [0.05, 0.1) is 19.3 Å².